The highest BCUT2D eigenvalue weighted by molar-refractivity contribution is 6.04. The zero-order valence-corrected chi connectivity index (χ0v) is 9.77. The summed E-state index contributed by atoms with van der Waals surface area (Å²) in [4.78, 5) is 15.4. The molecule has 1 aromatic carbocycles. The summed E-state index contributed by atoms with van der Waals surface area (Å²) < 4.78 is 13.3. The standard InChI is InChI=1S/C13H12FN3O/c1-8-2-3-9(6-12(8)15)17-13(18)10-4-5-16-7-11(10)14/h2-7H,15H2,1H3,(H,17,18). The molecule has 0 aliphatic heterocycles. The Labute approximate surface area is 104 Å². The van der Waals surface area contributed by atoms with Crippen LogP contribution in [0.25, 0.3) is 0 Å². The highest BCUT2D eigenvalue weighted by Crippen LogP contribution is 2.18. The van der Waals surface area contributed by atoms with E-state index in [0.717, 1.165) is 11.8 Å². The average molecular weight is 245 g/mol. The summed E-state index contributed by atoms with van der Waals surface area (Å²) in [5.41, 5.74) is 7.70. The van der Waals surface area contributed by atoms with Crippen LogP contribution in [0, 0.1) is 12.7 Å². The highest BCUT2D eigenvalue weighted by Gasteiger charge is 2.11. The predicted octanol–water partition coefficient (Wildman–Crippen LogP) is 2.36. The topological polar surface area (TPSA) is 68.0 Å². The van der Waals surface area contributed by atoms with Gasteiger partial charge in [0.05, 0.1) is 11.8 Å². The van der Waals surface area contributed by atoms with Crippen molar-refractivity contribution in [1.82, 2.24) is 4.98 Å². The van der Waals surface area contributed by atoms with Crippen LogP contribution in [0.1, 0.15) is 15.9 Å². The molecule has 4 nitrogen and oxygen atoms in total. The molecule has 2 rings (SSSR count). The van der Waals surface area contributed by atoms with Crippen molar-refractivity contribution >= 4 is 17.3 Å². The number of benzene rings is 1. The second-order valence-electron chi connectivity index (χ2n) is 3.88. The smallest absolute Gasteiger partial charge is 0.258 e. The molecule has 0 saturated carbocycles. The largest absolute Gasteiger partial charge is 0.398 e. The molecule has 0 saturated heterocycles. The molecule has 0 unspecified atom stereocenters. The maximum absolute atomic E-state index is 13.3. The molecular weight excluding hydrogens is 233 g/mol. The van der Waals surface area contributed by atoms with E-state index in [1.165, 1.54) is 12.3 Å². The number of hydrogen-bond donors (Lipinski definition) is 2. The van der Waals surface area contributed by atoms with Crippen molar-refractivity contribution in [3.8, 4) is 0 Å². The number of aryl methyl sites for hydroxylation is 1. The lowest BCUT2D eigenvalue weighted by Gasteiger charge is -2.07. The number of aromatic nitrogens is 1. The number of amides is 1. The Bertz CT molecular complexity index is 599. The molecule has 1 aromatic heterocycles. The van der Waals surface area contributed by atoms with E-state index in [9.17, 15) is 9.18 Å². The normalized spacial score (nSPS) is 10.1. The van der Waals surface area contributed by atoms with Crippen molar-refractivity contribution in [3.05, 3.63) is 53.6 Å². The molecule has 0 bridgehead atoms. The van der Waals surface area contributed by atoms with Gasteiger partial charge in [-0.25, -0.2) is 4.39 Å². The molecule has 18 heavy (non-hydrogen) atoms. The number of carbonyl (C=O) groups is 1. The molecule has 1 heterocycles. The number of hydrogen-bond acceptors (Lipinski definition) is 3. The number of pyridine rings is 1. The molecule has 0 aliphatic rings. The predicted molar refractivity (Wildman–Crippen MR) is 67.7 cm³/mol. The summed E-state index contributed by atoms with van der Waals surface area (Å²) in [6.07, 6.45) is 2.36. The van der Waals surface area contributed by atoms with Crippen molar-refractivity contribution in [2.75, 3.05) is 11.1 Å². The lowest BCUT2D eigenvalue weighted by atomic mass is 10.1. The van der Waals surface area contributed by atoms with Crippen LogP contribution < -0.4 is 11.1 Å². The Balaban J connectivity index is 2.22. The molecule has 3 N–H and O–H groups in total. The maximum Gasteiger partial charge on any atom is 0.258 e. The number of halogens is 1. The zero-order valence-electron chi connectivity index (χ0n) is 9.77. The first kappa shape index (κ1) is 12.0. The van der Waals surface area contributed by atoms with Gasteiger partial charge >= 0.3 is 0 Å². The second kappa shape index (κ2) is 4.83. The van der Waals surface area contributed by atoms with Crippen LogP contribution in [0.4, 0.5) is 15.8 Å². The molecule has 0 atom stereocenters. The summed E-state index contributed by atoms with van der Waals surface area (Å²) in [5, 5.41) is 2.58. The Morgan fingerprint density at radius 3 is 2.83 bits per heavy atom. The molecule has 0 spiro atoms. The van der Waals surface area contributed by atoms with Crippen molar-refractivity contribution in [1.29, 1.82) is 0 Å². The number of anilines is 2. The Morgan fingerprint density at radius 1 is 1.39 bits per heavy atom. The minimum absolute atomic E-state index is 0.0517. The van der Waals surface area contributed by atoms with Crippen LogP contribution in [0.5, 0.6) is 0 Å². The van der Waals surface area contributed by atoms with E-state index < -0.39 is 11.7 Å². The minimum atomic E-state index is -0.657. The fourth-order valence-corrected chi connectivity index (χ4v) is 1.48. The summed E-state index contributed by atoms with van der Waals surface area (Å²) in [6, 6.07) is 6.45. The van der Waals surface area contributed by atoms with Gasteiger partial charge in [0.15, 0.2) is 5.82 Å². The van der Waals surface area contributed by atoms with E-state index in [0.29, 0.717) is 11.4 Å². The van der Waals surface area contributed by atoms with Gasteiger partial charge in [-0.15, -0.1) is 0 Å². The molecule has 0 aliphatic carbocycles. The van der Waals surface area contributed by atoms with Gasteiger partial charge in [0.1, 0.15) is 0 Å². The number of carbonyl (C=O) groups excluding carboxylic acids is 1. The molecule has 5 heteroatoms. The summed E-state index contributed by atoms with van der Waals surface area (Å²) in [7, 11) is 0. The first-order chi connectivity index (χ1) is 8.58. The first-order valence-electron chi connectivity index (χ1n) is 5.35. The highest BCUT2D eigenvalue weighted by atomic mass is 19.1. The van der Waals surface area contributed by atoms with Gasteiger partial charge in [-0.2, -0.15) is 0 Å². The summed E-state index contributed by atoms with van der Waals surface area (Å²) in [6.45, 7) is 1.86. The Morgan fingerprint density at radius 2 is 2.17 bits per heavy atom. The SMILES string of the molecule is Cc1ccc(NC(=O)c2ccncc2F)cc1N. The maximum atomic E-state index is 13.3. The molecule has 0 radical (unpaired) electrons. The van der Waals surface area contributed by atoms with Crippen LogP contribution in [-0.2, 0) is 0 Å². The van der Waals surface area contributed by atoms with Crippen LogP contribution in [0.2, 0.25) is 0 Å². The van der Waals surface area contributed by atoms with Gasteiger partial charge in [-0.3, -0.25) is 9.78 Å². The molecule has 0 fully saturated rings. The third-order valence-corrected chi connectivity index (χ3v) is 2.55. The Kier molecular flexibility index (Phi) is 3.23. The number of nitrogen functional groups attached to an aromatic ring is 1. The van der Waals surface area contributed by atoms with Crippen LogP contribution in [-0.4, -0.2) is 10.9 Å². The van der Waals surface area contributed by atoms with Gasteiger partial charge in [-0.05, 0) is 30.7 Å². The molecule has 1 amide bonds. The zero-order chi connectivity index (χ0) is 13.1. The number of nitrogens with two attached hydrogens (primary N) is 1. The van der Waals surface area contributed by atoms with E-state index in [2.05, 4.69) is 10.3 Å². The van der Waals surface area contributed by atoms with E-state index in [1.54, 1.807) is 18.2 Å². The van der Waals surface area contributed by atoms with Crippen LogP contribution >= 0.6 is 0 Å². The monoisotopic (exact) mass is 245 g/mol. The van der Waals surface area contributed by atoms with Crippen molar-refractivity contribution in [2.24, 2.45) is 0 Å². The van der Waals surface area contributed by atoms with Gasteiger partial charge in [0, 0.05) is 17.6 Å². The summed E-state index contributed by atoms with van der Waals surface area (Å²) >= 11 is 0. The second-order valence-corrected chi connectivity index (χ2v) is 3.88. The average Bonchev–Trinajstić information content (AvgIpc) is 2.34. The van der Waals surface area contributed by atoms with E-state index in [1.807, 2.05) is 6.92 Å². The van der Waals surface area contributed by atoms with Crippen LogP contribution in [0.3, 0.4) is 0 Å². The third kappa shape index (κ3) is 2.45. The van der Waals surface area contributed by atoms with Gasteiger partial charge in [0.25, 0.3) is 5.91 Å². The van der Waals surface area contributed by atoms with E-state index in [4.69, 9.17) is 5.73 Å². The fraction of sp³-hybridized carbons (Fsp3) is 0.0769. The van der Waals surface area contributed by atoms with Gasteiger partial charge in [0.2, 0.25) is 0 Å². The number of nitrogens with zero attached hydrogens (tertiary/aromatic N) is 1. The van der Waals surface area contributed by atoms with Crippen molar-refractivity contribution in [2.45, 2.75) is 6.92 Å². The first-order valence-corrected chi connectivity index (χ1v) is 5.35. The lowest BCUT2D eigenvalue weighted by molar-refractivity contribution is 0.102. The summed E-state index contributed by atoms with van der Waals surface area (Å²) in [5.74, 6) is -1.19. The molecular formula is C13H12FN3O. The van der Waals surface area contributed by atoms with Gasteiger partial charge in [-0.1, -0.05) is 6.07 Å². The quantitative estimate of drug-likeness (QED) is 0.798. The number of rotatable bonds is 2. The van der Waals surface area contributed by atoms with Gasteiger partial charge < -0.3 is 11.1 Å². The number of nitrogens with one attached hydrogen (secondary N) is 1. The van der Waals surface area contributed by atoms with E-state index >= 15 is 0 Å². The fourth-order valence-electron chi connectivity index (χ4n) is 1.48. The third-order valence-electron chi connectivity index (χ3n) is 2.55. The van der Waals surface area contributed by atoms with Crippen molar-refractivity contribution < 1.29 is 9.18 Å². The van der Waals surface area contributed by atoms with E-state index in [-0.39, 0.29) is 5.56 Å². The van der Waals surface area contributed by atoms with Crippen molar-refractivity contribution in [3.63, 3.8) is 0 Å². The van der Waals surface area contributed by atoms with Crippen LogP contribution in [0.15, 0.2) is 36.7 Å². The lowest BCUT2D eigenvalue weighted by Crippen LogP contribution is -2.14. The minimum Gasteiger partial charge on any atom is -0.398 e. The molecule has 2 aromatic rings. The molecule has 92 valence electrons. The Hall–Kier alpha value is -2.43.